The van der Waals surface area contributed by atoms with E-state index in [-0.39, 0.29) is 18.2 Å². The third-order valence-electron chi connectivity index (χ3n) is 3.60. The minimum Gasteiger partial charge on any atom is -0.491 e. The maximum absolute atomic E-state index is 13.6. The van der Waals surface area contributed by atoms with E-state index in [0.29, 0.717) is 30.0 Å². The number of ether oxygens (including phenoxy) is 1. The number of carbonyl (C=O) groups excluding carboxylic acids is 1. The first kappa shape index (κ1) is 18.1. The number of ketones is 1. The van der Waals surface area contributed by atoms with Gasteiger partial charge in [0.2, 0.25) is 0 Å². The highest BCUT2D eigenvalue weighted by atomic mass is 19.1. The second-order valence-electron chi connectivity index (χ2n) is 5.84. The minimum absolute atomic E-state index is 0.0365. The lowest BCUT2D eigenvalue weighted by atomic mass is 10.1. The van der Waals surface area contributed by atoms with Crippen LogP contribution >= 0.6 is 0 Å². The Kier molecular flexibility index (Phi) is 6.46. The molecule has 0 saturated carbocycles. The lowest BCUT2D eigenvalue weighted by Gasteiger charge is -2.21. The van der Waals surface area contributed by atoms with Crippen LogP contribution in [0, 0.1) is 5.82 Å². The second-order valence-corrected chi connectivity index (χ2v) is 5.84. The van der Waals surface area contributed by atoms with Crippen molar-refractivity contribution in [1.29, 1.82) is 0 Å². The highest BCUT2D eigenvalue weighted by Crippen LogP contribution is 2.14. The van der Waals surface area contributed by atoms with Crippen molar-refractivity contribution in [3.63, 3.8) is 0 Å². The van der Waals surface area contributed by atoms with Crippen molar-refractivity contribution in [1.82, 2.24) is 4.90 Å². The van der Waals surface area contributed by atoms with Gasteiger partial charge in [-0.1, -0.05) is 30.3 Å². The average Bonchev–Trinajstić information content (AvgIpc) is 2.55. The molecule has 1 atom stereocenters. The van der Waals surface area contributed by atoms with E-state index in [0.717, 1.165) is 0 Å². The fourth-order valence-corrected chi connectivity index (χ4v) is 2.39. The molecule has 0 spiro atoms. The Bertz CT molecular complexity index is 690. The summed E-state index contributed by atoms with van der Waals surface area (Å²) in [4.78, 5) is 13.2. The Labute approximate surface area is 141 Å². The number of hydrogen-bond acceptors (Lipinski definition) is 4. The van der Waals surface area contributed by atoms with Crippen LogP contribution in [-0.2, 0) is 6.54 Å². The Morgan fingerprint density at radius 1 is 1.25 bits per heavy atom. The number of aliphatic hydroxyl groups excluding tert-OH is 1. The quantitative estimate of drug-likeness (QED) is 0.756. The lowest BCUT2D eigenvalue weighted by Crippen LogP contribution is -2.33. The number of nitrogens with zero attached hydrogens (tertiary/aromatic N) is 1. The van der Waals surface area contributed by atoms with Crippen LogP contribution < -0.4 is 4.74 Å². The van der Waals surface area contributed by atoms with Gasteiger partial charge in [-0.3, -0.25) is 9.69 Å². The van der Waals surface area contributed by atoms with Gasteiger partial charge in [-0.25, -0.2) is 4.39 Å². The van der Waals surface area contributed by atoms with E-state index in [2.05, 4.69) is 0 Å². The van der Waals surface area contributed by atoms with Gasteiger partial charge in [0.15, 0.2) is 5.78 Å². The maximum atomic E-state index is 13.6. The van der Waals surface area contributed by atoms with Crippen molar-refractivity contribution in [2.75, 3.05) is 20.2 Å². The van der Waals surface area contributed by atoms with Gasteiger partial charge in [-0.15, -0.1) is 0 Å². The molecule has 5 heteroatoms. The second kappa shape index (κ2) is 8.57. The monoisotopic (exact) mass is 331 g/mol. The highest BCUT2D eigenvalue weighted by molar-refractivity contribution is 5.94. The van der Waals surface area contributed by atoms with Gasteiger partial charge in [0.1, 0.15) is 24.3 Å². The summed E-state index contributed by atoms with van der Waals surface area (Å²) in [6.45, 7) is 2.35. The molecule has 0 saturated heterocycles. The van der Waals surface area contributed by atoms with Crippen LogP contribution in [0.3, 0.4) is 0 Å². The molecule has 2 aromatic rings. The number of rotatable bonds is 8. The summed E-state index contributed by atoms with van der Waals surface area (Å²) in [6, 6.07) is 13.4. The van der Waals surface area contributed by atoms with E-state index in [9.17, 15) is 14.3 Å². The van der Waals surface area contributed by atoms with E-state index in [4.69, 9.17) is 4.74 Å². The third kappa shape index (κ3) is 5.44. The van der Waals surface area contributed by atoms with E-state index >= 15 is 0 Å². The zero-order valence-corrected chi connectivity index (χ0v) is 13.9. The van der Waals surface area contributed by atoms with Crippen molar-refractivity contribution < 1.29 is 19.0 Å². The van der Waals surface area contributed by atoms with Crippen LogP contribution in [0.5, 0.6) is 5.75 Å². The first-order chi connectivity index (χ1) is 11.5. The predicted molar refractivity (Wildman–Crippen MR) is 90.7 cm³/mol. The molecule has 2 rings (SSSR count). The van der Waals surface area contributed by atoms with Crippen LogP contribution in [0.2, 0.25) is 0 Å². The number of Topliss-reactive ketones (excluding diaryl/α,β-unsaturated/α-hetero) is 1. The molecule has 0 aliphatic rings. The number of halogens is 1. The van der Waals surface area contributed by atoms with Crippen molar-refractivity contribution in [3.05, 3.63) is 65.5 Å². The van der Waals surface area contributed by atoms with Crippen LogP contribution in [-0.4, -0.2) is 42.1 Å². The minimum atomic E-state index is -0.720. The molecule has 0 aromatic heterocycles. The standard InChI is InChI=1S/C19H22FNO3/c1-14(22)15-7-5-8-18(10-15)24-13-17(23)12-21(2)11-16-6-3-4-9-19(16)20/h3-10,17,23H,11-13H2,1-2H3. The summed E-state index contributed by atoms with van der Waals surface area (Å²) >= 11 is 0. The Morgan fingerprint density at radius 2 is 2.00 bits per heavy atom. The van der Waals surface area contributed by atoms with Gasteiger partial charge >= 0.3 is 0 Å². The molecule has 0 radical (unpaired) electrons. The Morgan fingerprint density at radius 3 is 2.71 bits per heavy atom. The summed E-state index contributed by atoms with van der Waals surface area (Å²) in [5.41, 5.74) is 1.15. The lowest BCUT2D eigenvalue weighted by molar-refractivity contribution is 0.0740. The molecule has 0 bridgehead atoms. The number of aliphatic hydroxyl groups is 1. The van der Waals surface area contributed by atoms with Crippen LogP contribution in [0.1, 0.15) is 22.8 Å². The largest absolute Gasteiger partial charge is 0.491 e. The summed E-state index contributed by atoms with van der Waals surface area (Å²) in [7, 11) is 1.81. The van der Waals surface area contributed by atoms with Gasteiger partial charge in [0.05, 0.1) is 0 Å². The van der Waals surface area contributed by atoms with E-state index in [1.807, 2.05) is 11.9 Å². The smallest absolute Gasteiger partial charge is 0.159 e. The molecule has 128 valence electrons. The molecule has 24 heavy (non-hydrogen) atoms. The van der Waals surface area contributed by atoms with Gasteiger partial charge in [-0.2, -0.15) is 0 Å². The molecule has 4 nitrogen and oxygen atoms in total. The van der Waals surface area contributed by atoms with Crippen LogP contribution in [0.4, 0.5) is 4.39 Å². The Balaban J connectivity index is 1.82. The first-order valence-corrected chi connectivity index (χ1v) is 7.79. The van der Waals surface area contributed by atoms with Crippen molar-refractivity contribution in [3.8, 4) is 5.75 Å². The first-order valence-electron chi connectivity index (χ1n) is 7.79. The SMILES string of the molecule is CC(=O)c1cccc(OCC(O)CN(C)Cc2ccccc2F)c1. The highest BCUT2D eigenvalue weighted by Gasteiger charge is 2.12. The van der Waals surface area contributed by atoms with Gasteiger partial charge in [0.25, 0.3) is 0 Å². The van der Waals surface area contributed by atoms with Crippen molar-refractivity contribution >= 4 is 5.78 Å². The number of carbonyl (C=O) groups is 1. The normalized spacial score (nSPS) is 12.2. The predicted octanol–water partition coefficient (Wildman–Crippen LogP) is 2.90. The molecular weight excluding hydrogens is 309 g/mol. The van der Waals surface area contributed by atoms with E-state index < -0.39 is 6.10 Å². The van der Waals surface area contributed by atoms with Gasteiger partial charge < -0.3 is 9.84 Å². The zero-order chi connectivity index (χ0) is 17.5. The molecule has 0 aliphatic carbocycles. The van der Waals surface area contributed by atoms with Crippen LogP contribution in [0.25, 0.3) is 0 Å². The Hall–Kier alpha value is -2.24. The summed E-state index contributed by atoms with van der Waals surface area (Å²) < 4.78 is 19.1. The van der Waals surface area contributed by atoms with E-state index in [1.54, 1.807) is 42.5 Å². The molecular formula is C19H22FNO3. The van der Waals surface area contributed by atoms with Gasteiger partial charge in [0, 0.05) is 24.2 Å². The third-order valence-corrected chi connectivity index (χ3v) is 3.60. The maximum Gasteiger partial charge on any atom is 0.159 e. The topological polar surface area (TPSA) is 49.8 Å². The number of likely N-dealkylation sites (N-methyl/N-ethyl adjacent to an activating group) is 1. The fraction of sp³-hybridized carbons (Fsp3) is 0.316. The number of hydrogen-bond donors (Lipinski definition) is 1. The molecule has 2 aromatic carbocycles. The molecule has 1 unspecified atom stereocenters. The van der Waals surface area contributed by atoms with E-state index in [1.165, 1.54) is 13.0 Å². The summed E-state index contributed by atoms with van der Waals surface area (Å²) in [6.07, 6.45) is -0.720. The summed E-state index contributed by atoms with van der Waals surface area (Å²) in [5.74, 6) is 0.250. The molecule has 0 fully saturated rings. The molecule has 0 heterocycles. The molecule has 1 N–H and O–H groups in total. The summed E-state index contributed by atoms with van der Waals surface area (Å²) in [5, 5.41) is 10.1. The molecule has 0 aliphatic heterocycles. The van der Waals surface area contributed by atoms with Crippen LogP contribution in [0.15, 0.2) is 48.5 Å². The number of benzene rings is 2. The zero-order valence-electron chi connectivity index (χ0n) is 13.9. The average molecular weight is 331 g/mol. The molecule has 0 amide bonds. The van der Waals surface area contributed by atoms with Crippen molar-refractivity contribution in [2.24, 2.45) is 0 Å². The van der Waals surface area contributed by atoms with Crippen molar-refractivity contribution in [2.45, 2.75) is 19.6 Å². The van der Waals surface area contributed by atoms with Gasteiger partial charge in [-0.05, 0) is 32.2 Å². The fourth-order valence-electron chi connectivity index (χ4n) is 2.39.